The van der Waals surface area contributed by atoms with Crippen molar-refractivity contribution >= 4 is 28.5 Å². The maximum Gasteiger partial charge on any atom is 0.276 e. The molecular formula is C27H24FN3O5. The Morgan fingerprint density at radius 2 is 1.83 bits per heavy atom. The van der Waals surface area contributed by atoms with Gasteiger partial charge in [-0.15, -0.1) is 0 Å². The second-order valence-electron chi connectivity index (χ2n) is 8.89. The second kappa shape index (κ2) is 9.99. The summed E-state index contributed by atoms with van der Waals surface area (Å²) in [6.45, 7) is 4.51. The third kappa shape index (κ3) is 5.10. The van der Waals surface area contributed by atoms with E-state index in [-0.39, 0.29) is 34.9 Å². The molecule has 1 heterocycles. The van der Waals surface area contributed by atoms with Crippen LogP contribution in [0.15, 0.2) is 65.1 Å². The lowest BCUT2D eigenvalue weighted by Gasteiger charge is -2.09. The molecule has 0 aliphatic rings. The Morgan fingerprint density at radius 1 is 1.11 bits per heavy atom. The summed E-state index contributed by atoms with van der Waals surface area (Å²) in [5.74, 6) is -1.08. The molecule has 0 fully saturated rings. The fraction of sp³-hybridized carbons (Fsp3) is 0.185. The molecule has 3 aromatic carbocycles. The van der Waals surface area contributed by atoms with Gasteiger partial charge in [-0.25, -0.2) is 4.39 Å². The Bertz CT molecular complexity index is 1480. The van der Waals surface area contributed by atoms with Gasteiger partial charge in [-0.05, 0) is 53.9 Å². The monoisotopic (exact) mass is 489 g/mol. The SMILES string of the molecule is CC(C)CNC(=O)c1cccc(Cc2cc3c(C(N)=O)c(-c4ccc(F)cc4)oc3cc2[N+](=O)[O-])c1. The highest BCUT2D eigenvalue weighted by Gasteiger charge is 2.25. The molecule has 0 spiro atoms. The Morgan fingerprint density at radius 3 is 2.47 bits per heavy atom. The number of furan rings is 1. The number of hydrogen-bond donors (Lipinski definition) is 2. The summed E-state index contributed by atoms with van der Waals surface area (Å²) < 4.78 is 19.2. The van der Waals surface area contributed by atoms with Crippen molar-refractivity contribution in [2.24, 2.45) is 11.7 Å². The van der Waals surface area contributed by atoms with Crippen molar-refractivity contribution in [2.45, 2.75) is 20.3 Å². The van der Waals surface area contributed by atoms with E-state index in [0.717, 1.165) is 0 Å². The summed E-state index contributed by atoms with van der Waals surface area (Å²) in [6, 6.07) is 14.9. The number of nitrogens with one attached hydrogen (secondary N) is 1. The van der Waals surface area contributed by atoms with E-state index in [4.69, 9.17) is 10.2 Å². The van der Waals surface area contributed by atoms with E-state index < -0.39 is 16.6 Å². The number of rotatable bonds is 8. The number of halogens is 1. The maximum atomic E-state index is 13.4. The van der Waals surface area contributed by atoms with Crippen LogP contribution in [0.2, 0.25) is 0 Å². The van der Waals surface area contributed by atoms with Gasteiger partial charge in [0.25, 0.3) is 17.5 Å². The second-order valence-corrected chi connectivity index (χ2v) is 8.89. The van der Waals surface area contributed by atoms with Crippen molar-refractivity contribution in [2.75, 3.05) is 6.54 Å². The third-order valence-corrected chi connectivity index (χ3v) is 5.69. The van der Waals surface area contributed by atoms with Crippen LogP contribution in [0.1, 0.15) is 45.7 Å². The van der Waals surface area contributed by atoms with Gasteiger partial charge >= 0.3 is 0 Å². The first kappa shape index (κ1) is 24.6. The van der Waals surface area contributed by atoms with Crippen molar-refractivity contribution in [1.29, 1.82) is 0 Å². The number of fused-ring (bicyclic) bond motifs is 1. The topological polar surface area (TPSA) is 128 Å². The van der Waals surface area contributed by atoms with E-state index in [1.807, 2.05) is 13.8 Å². The molecule has 4 rings (SSSR count). The van der Waals surface area contributed by atoms with Crippen molar-refractivity contribution in [1.82, 2.24) is 5.32 Å². The third-order valence-electron chi connectivity index (χ3n) is 5.69. The number of carbonyl (C=O) groups excluding carboxylic acids is 2. The van der Waals surface area contributed by atoms with Crippen LogP contribution < -0.4 is 11.1 Å². The van der Waals surface area contributed by atoms with Gasteiger partial charge < -0.3 is 15.5 Å². The quantitative estimate of drug-likeness (QED) is 0.259. The highest BCUT2D eigenvalue weighted by atomic mass is 19.1. The zero-order chi connectivity index (χ0) is 26.0. The number of primary amides is 1. The van der Waals surface area contributed by atoms with Crippen LogP contribution in [0.4, 0.5) is 10.1 Å². The highest BCUT2D eigenvalue weighted by Crippen LogP contribution is 2.37. The Balaban J connectivity index is 1.78. The molecule has 2 amide bonds. The fourth-order valence-electron chi connectivity index (χ4n) is 3.98. The lowest BCUT2D eigenvalue weighted by Crippen LogP contribution is -2.27. The molecule has 3 N–H and O–H groups in total. The van der Waals surface area contributed by atoms with Crippen molar-refractivity contribution in [3.05, 3.63) is 98.8 Å². The van der Waals surface area contributed by atoms with Gasteiger partial charge in [0.05, 0.1) is 16.6 Å². The molecule has 0 unspecified atom stereocenters. The summed E-state index contributed by atoms with van der Waals surface area (Å²) in [5.41, 5.74) is 7.45. The minimum atomic E-state index is -0.781. The van der Waals surface area contributed by atoms with Crippen LogP contribution in [0.5, 0.6) is 0 Å². The molecule has 0 atom stereocenters. The Hall–Kier alpha value is -4.53. The van der Waals surface area contributed by atoms with Crippen molar-refractivity contribution < 1.29 is 23.3 Å². The standard InChI is InChI=1S/C27H24FN3O5/c1-15(2)14-30-27(33)18-5-3-4-16(10-18)11-19-12-21-23(13-22(19)31(34)35)36-25(24(21)26(29)32)17-6-8-20(28)9-7-17/h3-10,12-13,15H,11,14H2,1-2H3,(H2,29,32)(H,30,33). The zero-order valence-electron chi connectivity index (χ0n) is 19.7. The molecule has 1 aromatic heterocycles. The number of carbonyl (C=O) groups is 2. The average molecular weight is 490 g/mol. The molecule has 0 bridgehead atoms. The molecule has 0 saturated heterocycles. The lowest BCUT2D eigenvalue weighted by molar-refractivity contribution is -0.385. The molecule has 9 heteroatoms. The number of nitrogens with zero attached hydrogens (tertiary/aromatic N) is 1. The number of nitro groups is 1. The predicted octanol–water partition coefficient (Wildman–Crippen LogP) is 5.22. The summed E-state index contributed by atoms with van der Waals surface area (Å²) in [7, 11) is 0. The van der Waals surface area contributed by atoms with Gasteiger partial charge in [-0.3, -0.25) is 19.7 Å². The minimum Gasteiger partial charge on any atom is -0.455 e. The van der Waals surface area contributed by atoms with Crippen molar-refractivity contribution in [3.8, 4) is 11.3 Å². The van der Waals surface area contributed by atoms with Gasteiger partial charge in [-0.1, -0.05) is 26.0 Å². The zero-order valence-corrected chi connectivity index (χ0v) is 19.7. The Labute approximate surface area is 206 Å². The summed E-state index contributed by atoms with van der Waals surface area (Å²) in [4.78, 5) is 36.2. The largest absolute Gasteiger partial charge is 0.455 e. The first-order valence-corrected chi connectivity index (χ1v) is 11.3. The maximum absolute atomic E-state index is 13.4. The summed E-state index contributed by atoms with van der Waals surface area (Å²) in [6.07, 6.45) is 0.132. The minimum absolute atomic E-state index is 0.0505. The number of nitrogens with two attached hydrogens (primary N) is 1. The molecule has 0 saturated carbocycles. The number of amides is 2. The van der Waals surface area contributed by atoms with E-state index in [9.17, 15) is 24.1 Å². The van der Waals surface area contributed by atoms with Gasteiger partial charge in [-0.2, -0.15) is 0 Å². The van der Waals surface area contributed by atoms with Crippen LogP contribution >= 0.6 is 0 Å². The highest BCUT2D eigenvalue weighted by molar-refractivity contribution is 6.11. The van der Waals surface area contributed by atoms with Crippen LogP contribution in [-0.4, -0.2) is 23.3 Å². The van der Waals surface area contributed by atoms with Crippen molar-refractivity contribution in [3.63, 3.8) is 0 Å². The van der Waals surface area contributed by atoms with Gasteiger partial charge in [0.15, 0.2) is 0 Å². The first-order valence-electron chi connectivity index (χ1n) is 11.3. The predicted molar refractivity (Wildman–Crippen MR) is 133 cm³/mol. The summed E-state index contributed by atoms with van der Waals surface area (Å²) in [5, 5.41) is 15.0. The normalized spacial score (nSPS) is 11.1. The van der Waals surface area contributed by atoms with E-state index in [1.54, 1.807) is 24.3 Å². The molecule has 0 radical (unpaired) electrons. The molecule has 0 aliphatic carbocycles. The van der Waals surface area contributed by atoms with E-state index >= 15 is 0 Å². The van der Waals surface area contributed by atoms with Crippen LogP contribution in [0.25, 0.3) is 22.3 Å². The molecule has 184 valence electrons. The number of benzene rings is 3. The van der Waals surface area contributed by atoms with Crippen LogP contribution in [-0.2, 0) is 6.42 Å². The van der Waals surface area contributed by atoms with Gasteiger partial charge in [0.1, 0.15) is 17.2 Å². The average Bonchev–Trinajstić information content (AvgIpc) is 3.21. The molecule has 36 heavy (non-hydrogen) atoms. The molecule has 4 aromatic rings. The molecular weight excluding hydrogens is 465 g/mol. The number of hydrogen-bond acceptors (Lipinski definition) is 5. The molecule has 0 aliphatic heterocycles. The first-order chi connectivity index (χ1) is 17.1. The summed E-state index contributed by atoms with van der Waals surface area (Å²) >= 11 is 0. The van der Waals surface area contributed by atoms with Crippen LogP contribution in [0.3, 0.4) is 0 Å². The van der Waals surface area contributed by atoms with Gasteiger partial charge in [0, 0.05) is 35.0 Å². The molecule has 8 nitrogen and oxygen atoms in total. The smallest absolute Gasteiger partial charge is 0.276 e. The Kier molecular flexibility index (Phi) is 6.82. The van der Waals surface area contributed by atoms with E-state index in [1.165, 1.54) is 36.4 Å². The van der Waals surface area contributed by atoms with E-state index in [2.05, 4.69) is 5.32 Å². The van der Waals surface area contributed by atoms with E-state index in [0.29, 0.717) is 40.1 Å². The fourth-order valence-corrected chi connectivity index (χ4v) is 3.98. The lowest BCUT2D eigenvalue weighted by atomic mass is 9.98. The van der Waals surface area contributed by atoms with Crippen LogP contribution in [0, 0.1) is 21.8 Å². The van der Waals surface area contributed by atoms with Gasteiger partial charge in [0.2, 0.25) is 0 Å². The number of nitro benzene ring substituents is 1.